The van der Waals surface area contributed by atoms with Crippen molar-refractivity contribution in [3.63, 3.8) is 0 Å². The molecule has 2 heterocycles. The number of nitrogens with zero attached hydrogens (tertiary/aromatic N) is 2. The molecule has 7 heteroatoms. The maximum Gasteiger partial charge on any atom is 0.326 e. The molecule has 0 N–H and O–H groups in total. The fraction of sp³-hybridized carbons (Fsp3) is 0.318. The molecule has 2 aromatic rings. The average molecular weight is 413 g/mol. The summed E-state index contributed by atoms with van der Waals surface area (Å²) in [6, 6.07) is 12.3. The Morgan fingerprint density at radius 3 is 2.59 bits per heavy atom. The van der Waals surface area contributed by atoms with Crippen LogP contribution in [-0.4, -0.2) is 39.7 Å². The van der Waals surface area contributed by atoms with E-state index in [1.54, 1.807) is 13.0 Å². The van der Waals surface area contributed by atoms with Crippen LogP contribution in [0.2, 0.25) is 0 Å². The quantitative estimate of drug-likeness (QED) is 0.509. The standard InChI is InChI=1S/C22H24N2O4S/c1-4-28-20(25)14-24-21(26)19(29-22(24)27)13-18-12-15(2)23(16(18)3)11-10-17-8-6-5-7-9-17/h5-9,12-13H,4,10-11,14H2,1-3H3/b19-13-. The van der Waals surface area contributed by atoms with E-state index < -0.39 is 17.1 Å². The highest BCUT2D eigenvalue weighted by Crippen LogP contribution is 2.33. The second kappa shape index (κ2) is 9.13. The summed E-state index contributed by atoms with van der Waals surface area (Å²) < 4.78 is 7.05. The van der Waals surface area contributed by atoms with Crippen LogP contribution in [0.3, 0.4) is 0 Å². The van der Waals surface area contributed by atoms with Gasteiger partial charge in [-0.2, -0.15) is 0 Å². The van der Waals surface area contributed by atoms with Crippen LogP contribution in [0.25, 0.3) is 6.08 Å². The number of ether oxygens (including phenoxy) is 1. The minimum Gasteiger partial charge on any atom is -0.465 e. The molecule has 1 aromatic carbocycles. The zero-order valence-electron chi connectivity index (χ0n) is 16.8. The van der Waals surface area contributed by atoms with E-state index >= 15 is 0 Å². The van der Waals surface area contributed by atoms with Crippen LogP contribution in [0.4, 0.5) is 4.79 Å². The summed E-state index contributed by atoms with van der Waals surface area (Å²) in [5.41, 5.74) is 4.30. The normalized spacial score (nSPS) is 15.4. The molecule has 1 aliphatic heterocycles. The Morgan fingerprint density at radius 2 is 1.90 bits per heavy atom. The topological polar surface area (TPSA) is 68.6 Å². The summed E-state index contributed by atoms with van der Waals surface area (Å²) in [4.78, 5) is 37.6. The van der Waals surface area contributed by atoms with E-state index in [9.17, 15) is 14.4 Å². The van der Waals surface area contributed by atoms with Gasteiger partial charge in [0, 0.05) is 17.9 Å². The van der Waals surface area contributed by atoms with Crippen molar-refractivity contribution in [2.75, 3.05) is 13.2 Å². The Bertz CT molecular complexity index is 963. The van der Waals surface area contributed by atoms with E-state index in [1.807, 2.05) is 38.1 Å². The molecule has 0 bridgehead atoms. The summed E-state index contributed by atoms with van der Waals surface area (Å²) in [6.45, 7) is 6.40. The monoisotopic (exact) mass is 412 g/mol. The lowest BCUT2D eigenvalue weighted by molar-refractivity contribution is -0.145. The van der Waals surface area contributed by atoms with Gasteiger partial charge in [0.1, 0.15) is 6.54 Å². The zero-order valence-corrected chi connectivity index (χ0v) is 17.6. The number of aromatic nitrogens is 1. The highest BCUT2D eigenvalue weighted by Gasteiger charge is 2.36. The van der Waals surface area contributed by atoms with Gasteiger partial charge in [0.2, 0.25) is 0 Å². The van der Waals surface area contributed by atoms with E-state index in [2.05, 4.69) is 16.7 Å². The first kappa shape index (κ1) is 20.9. The molecular weight excluding hydrogens is 388 g/mol. The van der Waals surface area contributed by atoms with Crippen LogP contribution in [0.5, 0.6) is 0 Å². The van der Waals surface area contributed by atoms with Crippen molar-refractivity contribution in [3.8, 4) is 0 Å². The molecule has 1 fully saturated rings. The molecule has 0 atom stereocenters. The highest BCUT2D eigenvalue weighted by atomic mass is 32.2. The number of benzene rings is 1. The number of thioether (sulfide) groups is 1. The zero-order chi connectivity index (χ0) is 21.0. The van der Waals surface area contributed by atoms with Crippen molar-refractivity contribution in [2.45, 2.75) is 33.7 Å². The lowest BCUT2D eigenvalue weighted by atomic mass is 10.1. The number of amides is 2. The number of hydrogen-bond acceptors (Lipinski definition) is 5. The number of hydrogen-bond donors (Lipinski definition) is 0. The van der Waals surface area contributed by atoms with Crippen LogP contribution in [-0.2, 0) is 27.3 Å². The number of imide groups is 1. The van der Waals surface area contributed by atoms with Crippen molar-refractivity contribution in [1.29, 1.82) is 0 Å². The molecule has 3 rings (SSSR count). The van der Waals surface area contributed by atoms with E-state index in [-0.39, 0.29) is 13.2 Å². The molecule has 1 aliphatic rings. The third-order valence-corrected chi connectivity index (χ3v) is 5.74. The lowest BCUT2D eigenvalue weighted by Gasteiger charge is -2.11. The first-order chi connectivity index (χ1) is 13.9. The Balaban J connectivity index is 1.76. The maximum atomic E-state index is 12.6. The Morgan fingerprint density at radius 1 is 1.17 bits per heavy atom. The van der Waals surface area contributed by atoms with Gasteiger partial charge in [-0.3, -0.25) is 19.3 Å². The fourth-order valence-corrected chi connectivity index (χ4v) is 4.15. The summed E-state index contributed by atoms with van der Waals surface area (Å²) in [5, 5.41) is -0.452. The molecule has 0 spiro atoms. The summed E-state index contributed by atoms with van der Waals surface area (Å²) >= 11 is 0.852. The van der Waals surface area contributed by atoms with Gasteiger partial charge >= 0.3 is 5.97 Å². The van der Waals surface area contributed by atoms with Crippen LogP contribution in [0.15, 0.2) is 41.3 Å². The first-order valence-electron chi connectivity index (χ1n) is 9.52. The minimum absolute atomic E-state index is 0.208. The predicted octanol–water partition coefficient (Wildman–Crippen LogP) is 3.95. The molecule has 29 heavy (non-hydrogen) atoms. The van der Waals surface area contributed by atoms with E-state index in [0.717, 1.165) is 46.6 Å². The highest BCUT2D eigenvalue weighted by molar-refractivity contribution is 8.18. The Hall–Kier alpha value is -2.80. The van der Waals surface area contributed by atoms with Crippen LogP contribution < -0.4 is 0 Å². The van der Waals surface area contributed by atoms with Gasteiger partial charge in [0.25, 0.3) is 11.1 Å². The fourth-order valence-electron chi connectivity index (χ4n) is 3.32. The summed E-state index contributed by atoms with van der Waals surface area (Å²) in [7, 11) is 0. The van der Waals surface area contributed by atoms with E-state index in [1.165, 1.54) is 5.56 Å². The smallest absolute Gasteiger partial charge is 0.326 e. The van der Waals surface area contributed by atoms with E-state index in [0.29, 0.717) is 4.91 Å². The number of rotatable bonds is 7. The van der Waals surface area contributed by atoms with Gasteiger partial charge in [-0.05, 0) is 62.2 Å². The van der Waals surface area contributed by atoms with Gasteiger partial charge in [0.15, 0.2) is 0 Å². The molecule has 0 radical (unpaired) electrons. The third kappa shape index (κ3) is 4.79. The third-order valence-electron chi connectivity index (χ3n) is 4.83. The second-order valence-corrected chi connectivity index (χ2v) is 7.78. The summed E-state index contributed by atoms with van der Waals surface area (Å²) in [6.07, 6.45) is 2.64. The molecular formula is C22H24N2O4S. The minimum atomic E-state index is -0.588. The molecule has 1 saturated heterocycles. The number of carbonyl (C=O) groups is 3. The maximum absolute atomic E-state index is 12.6. The first-order valence-corrected chi connectivity index (χ1v) is 10.3. The van der Waals surface area contributed by atoms with Gasteiger partial charge < -0.3 is 9.30 Å². The second-order valence-electron chi connectivity index (χ2n) is 6.79. The number of aryl methyl sites for hydroxylation is 2. The van der Waals surface area contributed by atoms with Crippen molar-refractivity contribution >= 4 is 35.0 Å². The molecule has 152 valence electrons. The van der Waals surface area contributed by atoms with Crippen LogP contribution in [0.1, 0.15) is 29.4 Å². The van der Waals surface area contributed by atoms with Gasteiger partial charge in [0.05, 0.1) is 11.5 Å². The van der Waals surface area contributed by atoms with Gasteiger partial charge in [-0.15, -0.1) is 0 Å². The van der Waals surface area contributed by atoms with Crippen LogP contribution in [0, 0.1) is 13.8 Å². The number of esters is 1. The molecule has 2 amide bonds. The molecule has 6 nitrogen and oxygen atoms in total. The van der Waals surface area contributed by atoms with E-state index in [4.69, 9.17) is 4.74 Å². The van der Waals surface area contributed by atoms with Crippen LogP contribution >= 0.6 is 11.8 Å². The predicted molar refractivity (Wildman–Crippen MR) is 113 cm³/mol. The molecule has 0 unspecified atom stereocenters. The van der Waals surface area contributed by atoms with Crippen molar-refractivity contribution < 1.29 is 19.1 Å². The number of carbonyl (C=O) groups excluding carboxylic acids is 3. The van der Waals surface area contributed by atoms with Crippen molar-refractivity contribution in [3.05, 3.63) is 63.8 Å². The molecule has 0 aliphatic carbocycles. The average Bonchev–Trinajstić information content (AvgIpc) is 3.11. The molecule has 1 aromatic heterocycles. The molecule has 0 saturated carbocycles. The largest absolute Gasteiger partial charge is 0.465 e. The van der Waals surface area contributed by atoms with Crippen molar-refractivity contribution in [2.24, 2.45) is 0 Å². The Labute approximate surface area is 174 Å². The lowest BCUT2D eigenvalue weighted by Crippen LogP contribution is -2.34. The summed E-state index contributed by atoms with van der Waals surface area (Å²) in [5.74, 6) is -1.04. The van der Waals surface area contributed by atoms with Gasteiger partial charge in [-0.25, -0.2) is 0 Å². The van der Waals surface area contributed by atoms with Gasteiger partial charge in [-0.1, -0.05) is 30.3 Å². The van der Waals surface area contributed by atoms with Crippen molar-refractivity contribution in [1.82, 2.24) is 9.47 Å². The Kier molecular flexibility index (Phi) is 6.59. The SMILES string of the molecule is CCOC(=O)CN1C(=O)S/C(=C\c2cc(C)n(CCc3ccccc3)c2C)C1=O.